The minimum atomic E-state index is -0.303. The molecule has 150 valence electrons. The fraction of sp³-hybridized carbons (Fsp3) is 0.400. The van der Waals surface area contributed by atoms with Crippen LogP contribution in [0.5, 0.6) is 11.5 Å². The Kier molecular flexibility index (Phi) is 5.36. The van der Waals surface area contributed by atoms with Gasteiger partial charge in [-0.15, -0.1) is 0 Å². The number of ether oxygens (including phenoxy) is 2. The Bertz CT molecular complexity index is 957. The van der Waals surface area contributed by atoms with Gasteiger partial charge in [0.2, 0.25) is 0 Å². The third kappa shape index (κ3) is 3.22. The lowest BCUT2D eigenvalue weighted by Gasteiger charge is -2.15. The lowest BCUT2D eigenvalue weighted by molar-refractivity contribution is -0.140. The summed E-state index contributed by atoms with van der Waals surface area (Å²) in [5.41, 5.74) is 0.515. The summed E-state index contributed by atoms with van der Waals surface area (Å²) in [6.45, 7) is 1.98. The molecule has 0 unspecified atom stereocenters. The molecule has 2 fully saturated rings. The molecule has 0 aromatic heterocycles. The topological polar surface area (TPSA) is 92.0 Å². The van der Waals surface area contributed by atoms with Crippen molar-refractivity contribution in [3.63, 3.8) is 0 Å². The summed E-state index contributed by atoms with van der Waals surface area (Å²) in [5.74, 6) is -0.276. The second-order valence-corrected chi connectivity index (χ2v) is 8.20. The number of nitriles is 1. The zero-order valence-electron chi connectivity index (χ0n) is 15.5. The lowest BCUT2D eigenvalue weighted by Crippen LogP contribution is -2.28. The predicted molar refractivity (Wildman–Crippen MR) is 109 cm³/mol. The number of hydrogen-bond donors (Lipinski definition) is 0. The molecule has 0 N–H and O–H groups in total. The molecule has 9 heteroatoms. The first-order valence-corrected chi connectivity index (χ1v) is 10.4. The number of rotatable bonds is 6. The van der Waals surface area contributed by atoms with Gasteiger partial charge in [0.15, 0.2) is 18.1 Å². The van der Waals surface area contributed by atoms with Gasteiger partial charge in [-0.1, -0.05) is 23.8 Å². The van der Waals surface area contributed by atoms with Crippen LogP contribution in [-0.4, -0.2) is 36.3 Å². The molecule has 2 bridgehead atoms. The zero-order chi connectivity index (χ0) is 20.7. The molecule has 7 nitrogen and oxygen atoms in total. The van der Waals surface area contributed by atoms with E-state index in [1.165, 1.54) is 6.21 Å². The number of halogens is 2. The van der Waals surface area contributed by atoms with Crippen LogP contribution in [0.3, 0.4) is 0 Å². The van der Waals surface area contributed by atoms with Crippen molar-refractivity contribution in [3.8, 4) is 17.6 Å². The van der Waals surface area contributed by atoms with Crippen LogP contribution in [0.2, 0.25) is 5.02 Å². The van der Waals surface area contributed by atoms with Gasteiger partial charge in [0.05, 0.1) is 24.7 Å². The SMILES string of the molecule is CCOc1cc(C=NN2C(=O)[C@@H]3[C@H](C2=O)[C@H]2C=C[C@H]3C2)c(Br)c(Cl)c1OCC#N. The fourth-order valence-electron chi connectivity index (χ4n) is 4.32. The number of hydrazone groups is 1. The first kappa shape index (κ1) is 19.9. The number of carbonyl (C=O) groups is 2. The molecule has 0 spiro atoms. The van der Waals surface area contributed by atoms with Crippen LogP contribution in [0.4, 0.5) is 0 Å². The summed E-state index contributed by atoms with van der Waals surface area (Å²) in [7, 11) is 0. The van der Waals surface area contributed by atoms with Gasteiger partial charge < -0.3 is 9.47 Å². The Morgan fingerprint density at radius 1 is 1.31 bits per heavy atom. The number of nitrogens with zero attached hydrogens (tertiary/aromatic N) is 3. The summed E-state index contributed by atoms with van der Waals surface area (Å²) in [6, 6.07) is 3.52. The van der Waals surface area contributed by atoms with Crippen molar-refractivity contribution >= 4 is 45.6 Å². The third-order valence-electron chi connectivity index (χ3n) is 5.50. The second-order valence-electron chi connectivity index (χ2n) is 7.03. The smallest absolute Gasteiger partial charge is 0.254 e. The molecule has 3 aliphatic rings. The second kappa shape index (κ2) is 7.81. The molecule has 4 atom stereocenters. The lowest BCUT2D eigenvalue weighted by atomic mass is 9.85. The van der Waals surface area contributed by atoms with Crippen molar-refractivity contribution in [1.82, 2.24) is 5.01 Å². The fourth-order valence-corrected chi connectivity index (χ4v) is 4.97. The third-order valence-corrected chi connectivity index (χ3v) is 6.94. The number of carbonyl (C=O) groups excluding carboxylic acids is 2. The van der Waals surface area contributed by atoms with E-state index in [0.717, 1.165) is 11.4 Å². The van der Waals surface area contributed by atoms with E-state index in [9.17, 15) is 9.59 Å². The molecule has 2 amide bonds. The van der Waals surface area contributed by atoms with Crippen molar-refractivity contribution < 1.29 is 19.1 Å². The molecular weight excluding hydrogens is 462 g/mol. The van der Waals surface area contributed by atoms with E-state index in [1.54, 1.807) is 13.0 Å². The molecule has 1 aromatic rings. The molecule has 1 heterocycles. The summed E-state index contributed by atoms with van der Waals surface area (Å²) in [5, 5.41) is 14.1. The van der Waals surface area contributed by atoms with E-state index in [2.05, 4.69) is 21.0 Å². The van der Waals surface area contributed by atoms with E-state index in [0.29, 0.717) is 22.4 Å². The van der Waals surface area contributed by atoms with Crippen molar-refractivity contribution in [2.75, 3.05) is 13.2 Å². The highest BCUT2D eigenvalue weighted by Gasteiger charge is 2.59. The van der Waals surface area contributed by atoms with Crippen molar-refractivity contribution in [2.45, 2.75) is 13.3 Å². The average molecular weight is 479 g/mol. The number of imide groups is 1. The first-order valence-electron chi connectivity index (χ1n) is 9.22. The maximum Gasteiger partial charge on any atom is 0.254 e. The van der Waals surface area contributed by atoms with Crippen LogP contribution in [0.1, 0.15) is 18.9 Å². The first-order chi connectivity index (χ1) is 14.0. The van der Waals surface area contributed by atoms with E-state index >= 15 is 0 Å². The van der Waals surface area contributed by atoms with Crippen molar-refractivity contribution in [1.29, 1.82) is 5.26 Å². The molecule has 0 radical (unpaired) electrons. The van der Waals surface area contributed by atoms with Gasteiger partial charge in [0, 0.05) is 10.0 Å². The number of allylic oxidation sites excluding steroid dienone is 2. The van der Waals surface area contributed by atoms with Crippen molar-refractivity contribution in [3.05, 3.63) is 33.3 Å². The summed E-state index contributed by atoms with van der Waals surface area (Å²) >= 11 is 9.76. The molecule has 1 aromatic carbocycles. The minimum Gasteiger partial charge on any atom is -0.490 e. The van der Waals surface area contributed by atoms with Gasteiger partial charge in [0.25, 0.3) is 11.8 Å². The highest BCUT2D eigenvalue weighted by Crippen LogP contribution is 2.52. The normalized spacial score (nSPS) is 27.0. The highest BCUT2D eigenvalue weighted by molar-refractivity contribution is 9.10. The van der Waals surface area contributed by atoms with Gasteiger partial charge in [-0.25, -0.2) is 0 Å². The summed E-state index contributed by atoms with van der Waals surface area (Å²) in [6.07, 6.45) is 6.34. The number of amides is 2. The maximum absolute atomic E-state index is 12.7. The standard InChI is InChI=1S/C20H17BrClN3O4/c1-2-28-13-8-12(16(21)17(22)18(13)29-6-5-23)9-24-25-19(26)14-10-3-4-11(7-10)15(14)20(25)27/h3-4,8-11,14-15H,2,6-7H2,1H3/t10-,11-,14-,15+/m0/s1. The molecular formula is C20H17BrClN3O4. The number of benzene rings is 1. The van der Waals surface area contributed by atoms with Crippen LogP contribution in [0.15, 0.2) is 27.8 Å². The van der Waals surface area contributed by atoms with Gasteiger partial charge >= 0.3 is 0 Å². The Balaban J connectivity index is 1.62. The Morgan fingerprint density at radius 3 is 2.55 bits per heavy atom. The minimum absolute atomic E-state index is 0.129. The number of hydrogen-bond acceptors (Lipinski definition) is 6. The molecule has 29 heavy (non-hydrogen) atoms. The Morgan fingerprint density at radius 2 is 1.97 bits per heavy atom. The average Bonchev–Trinajstić information content (AvgIpc) is 3.38. The molecule has 1 aliphatic heterocycles. The largest absolute Gasteiger partial charge is 0.490 e. The van der Waals surface area contributed by atoms with Crippen LogP contribution in [-0.2, 0) is 9.59 Å². The van der Waals surface area contributed by atoms with Crippen molar-refractivity contribution in [2.24, 2.45) is 28.8 Å². The molecule has 1 saturated heterocycles. The van der Waals surface area contributed by atoms with Gasteiger partial charge in [-0.05, 0) is 47.2 Å². The summed E-state index contributed by atoms with van der Waals surface area (Å²) in [4.78, 5) is 25.5. The van der Waals surface area contributed by atoms with Crippen LogP contribution in [0, 0.1) is 35.0 Å². The van der Waals surface area contributed by atoms with E-state index in [-0.39, 0.29) is 52.9 Å². The predicted octanol–water partition coefficient (Wildman–Crippen LogP) is 3.54. The Hall–Kier alpha value is -2.37. The van der Waals surface area contributed by atoms with Crippen LogP contribution in [0.25, 0.3) is 0 Å². The summed E-state index contributed by atoms with van der Waals surface area (Å²) < 4.78 is 11.4. The molecule has 1 saturated carbocycles. The Labute approximate surface area is 181 Å². The highest BCUT2D eigenvalue weighted by atomic mass is 79.9. The van der Waals surface area contributed by atoms with E-state index < -0.39 is 0 Å². The monoisotopic (exact) mass is 477 g/mol. The van der Waals surface area contributed by atoms with Crippen LogP contribution >= 0.6 is 27.5 Å². The number of fused-ring (bicyclic) bond motifs is 5. The van der Waals surface area contributed by atoms with E-state index in [4.69, 9.17) is 26.3 Å². The van der Waals surface area contributed by atoms with Gasteiger partial charge in [-0.2, -0.15) is 15.4 Å². The van der Waals surface area contributed by atoms with Gasteiger partial charge in [-0.3, -0.25) is 9.59 Å². The molecule has 4 rings (SSSR count). The van der Waals surface area contributed by atoms with E-state index in [1.807, 2.05) is 18.2 Å². The van der Waals surface area contributed by atoms with Crippen LogP contribution < -0.4 is 9.47 Å². The van der Waals surface area contributed by atoms with Gasteiger partial charge in [0.1, 0.15) is 11.1 Å². The molecule has 2 aliphatic carbocycles. The maximum atomic E-state index is 12.7. The quantitative estimate of drug-likeness (QED) is 0.354. The zero-order valence-corrected chi connectivity index (χ0v) is 17.8.